The molecule has 0 saturated heterocycles. The van der Waals surface area contributed by atoms with E-state index in [-0.39, 0.29) is 0 Å². The molecule has 0 bridgehead atoms. The number of nitrogens with one attached hydrogen (secondary N) is 2. The number of hydrogen-bond donors (Lipinski definition) is 4. The van der Waals surface area contributed by atoms with Gasteiger partial charge in [0.25, 0.3) is 0 Å². The van der Waals surface area contributed by atoms with Crippen LogP contribution in [-0.2, 0) is 4.12 Å². The number of rotatable bonds is 10. The Morgan fingerprint density at radius 2 is 1.16 bits per heavy atom. The van der Waals surface area contributed by atoms with Crippen molar-refractivity contribution in [3.05, 3.63) is 0 Å². The zero-order valence-corrected chi connectivity index (χ0v) is 15.5. The van der Waals surface area contributed by atoms with Gasteiger partial charge < -0.3 is 26.2 Å². The molecule has 2 unspecified atom stereocenters. The molecule has 0 fully saturated rings. The maximum absolute atomic E-state index is 6.61. The lowest BCUT2D eigenvalue weighted by Gasteiger charge is -2.41. The van der Waals surface area contributed by atoms with Gasteiger partial charge in [-0.15, -0.1) is 0 Å². The minimum absolute atomic E-state index is 0.407. The summed E-state index contributed by atoms with van der Waals surface area (Å²) in [6, 6.07) is 0. The summed E-state index contributed by atoms with van der Waals surface area (Å²) in [5, 5.41) is 6.94. The average Bonchev–Trinajstić information content (AvgIpc) is 2.31. The van der Waals surface area contributed by atoms with E-state index in [0.717, 1.165) is 13.1 Å². The first-order valence-corrected chi connectivity index (χ1v) is 13.2. The van der Waals surface area contributed by atoms with Crippen LogP contribution in [0.25, 0.3) is 0 Å². The van der Waals surface area contributed by atoms with E-state index in [0.29, 0.717) is 24.4 Å². The van der Waals surface area contributed by atoms with Gasteiger partial charge in [-0.05, 0) is 26.2 Å². The molecule has 5 nitrogen and oxygen atoms in total. The van der Waals surface area contributed by atoms with Crippen molar-refractivity contribution < 1.29 is 4.12 Å². The molecule has 0 aromatic rings. The summed E-state index contributed by atoms with van der Waals surface area (Å²) in [7, 11) is -3.52. The van der Waals surface area contributed by atoms with E-state index in [1.54, 1.807) is 0 Å². The van der Waals surface area contributed by atoms with E-state index in [1.165, 1.54) is 0 Å². The van der Waals surface area contributed by atoms with Crippen LogP contribution in [0.4, 0.5) is 0 Å². The highest BCUT2D eigenvalue weighted by atomic mass is 28.4. The smallest absolute Gasteiger partial charge is 0.190 e. The van der Waals surface area contributed by atoms with Gasteiger partial charge in [0.1, 0.15) is 0 Å². The molecular weight excluding hydrogens is 272 g/mol. The van der Waals surface area contributed by atoms with E-state index >= 15 is 0 Å². The van der Waals surface area contributed by atoms with Crippen LogP contribution < -0.4 is 22.1 Å². The van der Waals surface area contributed by atoms with Crippen LogP contribution in [0, 0.1) is 0 Å². The standard InChI is InChI=1S/C12H34N4OSi2/c1-11(15-9-7-13)18(3,4)17-19(5,6)12(2)16-10-8-14/h11-12,15-16H,7-10,13-14H2,1-6H3. The summed E-state index contributed by atoms with van der Waals surface area (Å²) in [5.74, 6) is 0. The Morgan fingerprint density at radius 1 is 0.842 bits per heavy atom. The fourth-order valence-corrected chi connectivity index (χ4v) is 10.1. The molecule has 0 aliphatic heterocycles. The second-order valence-corrected chi connectivity index (χ2v) is 15.2. The molecule has 6 N–H and O–H groups in total. The molecule has 0 rings (SSSR count). The van der Waals surface area contributed by atoms with Crippen LogP contribution in [0.3, 0.4) is 0 Å². The molecule has 0 aliphatic rings. The third-order valence-electron chi connectivity index (χ3n) is 3.80. The Labute approximate surface area is 121 Å². The quantitative estimate of drug-likeness (QED) is 0.438. The van der Waals surface area contributed by atoms with Crippen molar-refractivity contribution in [1.29, 1.82) is 0 Å². The highest BCUT2D eigenvalue weighted by Gasteiger charge is 2.40. The molecule has 0 aliphatic carbocycles. The summed E-state index contributed by atoms with van der Waals surface area (Å²) in [4.78, 5) is 0. The van der Waals surface area contributed by atoms with Crippen molar-refractivity contribution in [2.75, 3.05) is 26.2 Å². The molecular formula is C12H34N4OSi2. The molecule has 0 spiro atoms. The van der Waals surface area contributed by atoms with Crippen LogP contribution >= 0.6 is 0 Å². The molecule has 0 radical (unpaired) electrons. The molecule has 0 aromatic carbocycles. The van der Waals surface area contributed by atoms with Gasteiger partial charge in [-0.1, -0.05) is 13.8 Å². The summed E-state index contributed by atoms with van der Waals surface area (Å²) in [6.07, 6.45) is 0. The summed E-state index contributed by atoms with van der Waals surface area (Å²) < 4.78 is 6.61. The average molecular weight is 307 g/mol. The molecule has 0 heterocycles. The van der Waals surface area contributed by atoms with Crippen molar-refractivity contribution in [3.63, 3.8) is 0 Å². The highest BCUT2D eigenvalue weighted by molar-refractivity contribution is 6.86. The van der Waals surface area contributed by atoms with E-state index in [4.69, 9.17) is 15.6 Å². The largest absolute Gasteiger partial charge is 0.453 e. The normalized spacial score (nSPS) is 16.4. The van der Waals surface area contributed by atoms with Gasteiger partial charge in [-0.2, -0.15) is 0 Å². The Kier molecular flexibility index (Phi) is 8.61. The van der Waals surface area contributed by atoms with Crippen molar-refractivity contribution in [1.82, 2.24) is 10.6 Å². The lowest BCUT2D eigenvalue weighted by Crippen LogP contribution is -2.62. The summed E-state index contributed by atoms with van der Waals surface area (Å²) in [5.41, 5.74) is 11.9. The van der Waals surface area contributed by atoms with Crippen LogP contribution in [0.1, 0.15) is 13.8 Å². The molecule has 0 aromatic heterocycles. The second-order valence-electron chi connectivity index (χ2n) is 6.24. The van der Waals surface area contributed by atoms with E-state index in [2.05, 4.69) is 50.7 Å². The fraction of sp³-hybridized carbons (Fsp3) is 1.00. The van der Waals surface area contributed by atoms with Gasteiger partial charge in [-0.3, -0.25) is 0 Å². The van der Waals surface area contributed by atoms with Crippen molar-refractivity contribution in [2.24, 2.45) is 11.5 Å². The molecule has 2 atom stereocenters. The fourth-order valence-electron chi connectivity index (χ4n) is 1.95. The van der Waals surface area contributed by atoms with Gasteiger partial charge in [-0.25, -0.2) is 0 Å². The Hall–Kier alpha value is 0.234. The Morgan fingerprint density at radius 3 is 1.42 bits per heavy atom. The lowest BCUT2D eigenvalue weighted by atomic mass is 10.6. The van der Waals surface area contributed by atoms with Crippen LogP contribution in [-0.4, -0.2) is 54.1 Å². The predicted octanol–water partition coefficient (Wildman–Crippen LogP) is 0.365. The molecule has 7 heteroatoms. The third-order valence-corrected chi connectivity index (χ3v) is 12.6. The Balaban J connectivity index is 4.51. The zero-order chi connectivity index (χ0) is 15.1. The molecule has 19 heavy (non-hydrogen) atoms. The van der Waals surface area contributed by atoms with Gasteiger partial charge >= 0.3 is 0 Å². The van der Waals surface area contributed by atoms with Gasteiger partial charge in [0.15, 0.2) is 16.6 Å². The van der Waals surface area contributed by atoms with Crippen LogP contribution in [0.5, 0.6) is 0 Å². The highest BCUT2D eigenvalue weighted by Crippen LogP contribution is 2.20. The van der Waals surface area contributed by atoms with Crippen LogP contribution in [0.2, 0.25) is 26.2 Å². The van der Waals surface area contributed by atoms with E-state index < -0.39 is 16.6 Å². The Bertz CT molecular complexity index is 228. The van der Waals surface area contributed by atoms with E-state index in [1.807, 2.05) is 0 Å². The lowest BCUT2D eigenvalue weighted by molar-refractivity contribution is 0.470. The number of hydrogen-bond acceptors (Lipinski definition) is 5. The summed E-state index contributed by atoms with van der Waals surface area (Å²) >= 11 is 0. The maximum Gasteiger partial charge on any atom is 0.190 e. The first kappa shape index (κ1) is 19.2. The second kappa shape index (κ2) is 8.50. The predicted molar refractivity (Wildman–Crippen MR) is 89.1 cm³/mol. The first-order chi connectivity index (χ1) is 8.67. The van der Waals surface area contributed by atoms with Gasteiger partial charge in [0, 0.05) is 37.5 Å². The van der Waals surface area contributed by atoms with Crippen LogP contribution in [0.15, 0.2) is 0 Å². The minimum atomic E-state index is -1.76. The zero-order valence-electron chi connectivity index (χ0n) is 13.5. The maximum atomic E-state index is 6.61. The monoisotopic (exact) mass is 306 g/mol. The van der Waals surface area contributed by atoms with Gasteiger partial charge in [0.2, 0.25) is 0 Å². The number of nitrogens with two attached hydrogens (primary N) is 2. The van der Waals surface area contributed by atoms with Crippen molar-refractivity contribution >= 4 is 16.6 Å². The summed E-state index contributed by atoms with van der Waals surface area (Å²) in [6.45, 7) is 16.6. The molecule has 0 saturated carbocycles. The van der Waals surface area contributed by atoms with Crippen molar-refractivity contribution in [3.8, 4) is 0 Å². The minimum Gasteiger partial charge on any atom is -0.453 e. The first-order valence-electron chi connectivity index (χ1n) is 7.24. The van der Waals surface area contributed by atoms with Gasteiger partial charge in [0.05, 0.1) is 0 Å². The molecule has 0 amide bonds. The topological polar surface area (TPSA) is 85.3 Å². The third kappa shape index (κ3) is 6.98. The van der Waals surface area contributed by atoms with Crippen molar-refractivity contribution in [2.45, 2.75) is 51.4 Å². The van der Waals surface area contributed by atoms with E-state index in [9.17, 15) is 0 Å². The molecule has 116 valence electrons. The SMILES string of the molecule is CC(NCCN)[Si](C)(C)O[Si](C)(C)C(C)NCCN.